The van der Waals surface area contributed by atoms with E-state index in [1.54, 1.807) is 6.07 Å². The zero-order valence-electron chi connectivity index (χ0n) is 21.2. The number of nitrogens with zero attached hydrogens (tertiary/aromatic N) is 7. The minimum Gasteiger partial charge on any atom is -0.366 e. The van der Waals surface area contributed by atoms with Crippen molar-refractivity contribution in [1.82, 2.24) is 34.7 Å². The lowest BCUT2D eigenvalue weighted by molar-refractivity contribution is 0.0501. The predicted molar refractivity (Wildman–Crippen MR) is 139 cm³/mol. The molecule has 3 aromatic rings. The van der Waals surface area contributed by atoms with Crippen molar-refractivity contribution in [3.05, 3.63) is 45.2 Å². The summed E-state index contributed by atoms with van der Waals surface area (Å²) in [5.74, 6) is 0.475. The smallest absolute Gasteiger partial charge is 0.366 e. The van der Waals surface area contributed by atoms with Gasteiger partial charge in [0, 0.05) is 24.7 Å². The van der Waals surface area contributed by atoms with E-state index in [9.17, 15) is 4.79 Å². The molecule has 0 radical (unpaired) electrons. The number of aryl methyl sites for hydroxylation is 1. The number of nitrogens with one attached hydrogen (secondary N) is 2. The maximum Gasteiger partial charge on any atom is 0.368 e. The van der Waals surface area contributed by atoms with Gasteiger partial charge in [-0.15, -0.1) is 0 Å². The number of hydrogen-bond acceptors (Lipinski definition) is 8. The molecule has 2 aliphatic heterocycles. The Balaban J connectivity index is 1.27. The van der Waals surface area contributed by atoms with E-state index < -0.39 is 11.5 Å². The van der Waals surface area contributed by atoms with E-state index in [2.05, 4.69) is 49.8 Å². The summed E-state index contributed by atoms with van der Waals surface area (Å²) in [7, 11) is 1.53. The average molecular weight is 528 g/mol. The van der Waals surface area contributed by atoms with Crippen LogP contribution in [0.3, 0.4) is 0 Å². The van der Waals surface area contributed by atoms with Crippen LogP contribution in [0.5, 0.6) is 0 Å². The molecule has 37 heavy (non-hydrogen) atoms. The van der Waals surface area contributed by atoms with Crippen molar-refractivity contribution in [2.24, 2.45) is 7.05 Å². The van der Waals surface area contributed by atoms with Crippen molar-refractivity contribution in [1.29, 1.82) is 0 Å². The number of benzene rings is 1. The van der Waals surface area contributed by atoms with Crippen molar-refractivity contribution >= 4 is 29.1 Å². The summed E-state index contributed by atoms with van der Waals surface area (Å²) < 4.78 is 17.5. The SMILES string of the molecule is Cn1nnn(-c2cc(Nc3ncc(Cl)c(N[C@@H]4C[C@@H]5CCCN5C(C)(C)C4)n3)c(F)cc2C2CC2)c1=O. The lowest BCUT2D eigenvalue weighted by Gasteiger charge is -2.47. The Bertz CT molecular complexity index is 1400. The standard InChI is InChI=1S/C25H31ClFN9O/c1-25(2)12-15(9-16-5-4-8-35(16)25)29-22-18(26)13-28-23(31-22)30-20-11-21(36-24(37)34(3)32-33-36)17(10-19(20)27)14-6-7-14/h10-11,13-16H,4-9,12H2,1-3H3,(H2,28,29,30,31)/t15-,16+/m1/s1. The quantitative estimate of drug-likeness (QED) is 0.496. The highest BCUT2D eigenvalue weighted by molar-refractivity contribution is 6.32. The summed E-state index contributed by atoms with van der Waals surface area (Å²) in [6.07, 6.45) is 7.84. The van der Waals surface area contributed by atoms with Gasteiger partial charge < -0.3 is 10.6 Å². The molecular weight excluding hydrogens is 497 g/mol. The van der Waals surface area contributed by atoms with E-state index >= 15 is 4.39 Å². The number of rotatable bonds is 6. The summed E-state index contributed by atoms with van der Waals surface area (Å²) in [5, 5.41) is 14.7. The van der Waals surface area contributed by atoms with Gasteiger partial charge in [0.25, 0.3) is 0 Å². The van der Waals surface area contributed by atoms with E-state index in [-0.39, 0.29) is 29.1 Å². The van der Waals surface area contributed by atoms with Gasteiger partial charge in [-0.3, -0.25) is 4.90 Å². The van der Waals surface area contributed by atoms with Crippen LogP contribution in [0.15, 0.2) is 23.1 Å². The third-order valence-corrected chi connectivity index (χ3v) is 8.15. The van der Waals surface area contributed by atoms with E-state index in [1.807, 2.05) is 0 Å². The maximum atomic E-state index is 15.2. The van der Waals surface area contributed by atoms with Crippen LogP contribution in [0.4, 0.5) is 21.8 Å². The highest BCUT2D eigenvalue weighted by atomic mass is 35.5. The summed E-state index contributed by atoms with van der Waals surface area (Å²) in [6, 6.07) is 3.81. The molecule has 3 fully saturated rings. The minimum absolute atomic E-state index is 0.0961. The Morgan fingerprint density at radius 3 is 2.73 bits per heavy atom. The molecule has 2 saturated heterocycles. The lowest BCUT2D eigenvalue weighted by atomic mass is 9.84. The fourth-order valence-corrected chi connectivity index (χ4v) is 6.15. The zero-order valence-corrected chi connectivity index (χ0v) is 22.0. The summed E-state index contributed by atoms with van der Waals surface area (Å²) in [4.78, 5) is 24.0. The van der Waals surface area contributed by atoms with E-state index in [1.165, 1.54) is 36.8 Å². The van der Waals surface area contributed by atoms with Gasteiger partial charge in [-0.1, -0.05) is 11.6 Å². The van der Waals surface area contributed by atoms with Gasteiger partial charge in [0.05, 0.1) is 17.6 Å². The van der Waals surface area contributed by atoms with Crippen LogP contribution in [0, 0.1) is 5.82 Å². The van der Waals surface area contributed by atoms with Crippen LogP contribution in [-0.2, 0) is 7.05 Å². The van der Waals surface area contributed by atoms with Gasteiger partial charge >= 0.3 is 5.69 Å². The molecule has 12 heteroatoms. The second-order valence-corrected chi connectivity index (χ2v) is 11.5. The number of tetrazole rings is 1. The van der Waals surface area contributed by atoms with Crippen molar-refractivity contribution in [3.63, 3.8) is 0 Å². The van der Waals surface area contributed by atoms with Gasteiger partial charge in [-0.2, -0.15) is 14.3 Å². The van der Waals surface area contributed by atoms with Crippen molar-refractivity contribution in [3.8, 4) is 5.69 Å². The molecule has 2 aromatic heterocycles. The molecule has 10 nitrogen and oxygen atoms in total. The monoisotopic (exact) mass is 527 g/mol. The first-order chi connectivity index (χ1) is 17.7. The minimum atomic E-state index is -0.453. The Kier molecular flexibility index (Phi) is 5.95. The molecule has 4 heterocycles. The van der Waals surface area contributed by atoms with Crippen LogP contribution >= 0.6 is 11.6 Å². The van der Waals surface area contributed by atoms with Gasteiger partial charge in [0.1, 0.15) is 10.8 Å². The fraction of sp³-hybridized carbons (Fsp3) is 0.560. The van der Waals surface area contributed by atoms with Gasteiger partial charge in [0.2, 0.25) is 5.95 Å². The second-order valence-electron chi connectivity index (χ2n) is 11.1. The van der Waals surface area contributed by atoms with E-state index in [0.29, 0.717) is 22.6 Å². The number of aromatic nitrogens is 6. The first-order valence-corrected chi connectivity index (χ1v) is 13.2. The highest BCUT2D eigenvalue weighted by Gasteiger charge is 2.43. The molecule has 2 atom stereocenters. The third-order valence-electron chi connectivity index (χ3n) is 7.87. The molecule has 196 valence electrons. The maximum absolute atomic E-state index is 15.2. The predicted octanol–water partition coefficient (Wildman–Crippen LogP) is 3.99. The normalized spacial score (nSPS) is 23.2. The van der Waals surface area contributed by atoms with Gasteiger partial charge in [-0.05, 0) is 93.0 Å². The van der Waals surface area contributed by atoms with Crippen LogP contribution < -0.4 is 16.3 Å². The number of fused-ring (bicyclic) bond motifs is 1. The topological polar surface area (TPSA) is 106 Å². The molecule has 3 aliphatic rings. The van der Waals surface area contributed by atoms with Crippen LogP contribution in [0.1, 0.15) is 63.9 Å². The molecule has 1 aromatic carbocycles. The van der Waals surface area contributed by atoms with Crippen LogP contribution in [0.2, 0.25) is 5.02 Å². The Hall–Kier alpha value is -3.05. The molecule has 0 unspecified atom stereocenters. The molecule has 0 amide bonds. The molecule has 1 saturated carbocycles. The average Bonchev–Trinajstić information content (AvgIpc) is 3.49. The summed E-state index contributed by atoms with van der Waals surface area (Å²) in [6.45, 7) is 5.74. The van der Waals surface area contributed by atoms with E-state index in [0.717, 1.165) is 42.5 Å². The molecular formula is C25H31ClFN9O. The lowest BCUT2D eigenvalue weighted by Crippen LogP contribution is -2.55. The first kappa shape index (κ1) is 24.3. The Morgan fingerprint density at radius 1 is 1.19 bits per heavy atom. The number of anilines is 3. The number of piperidine rings is 1. The zero-order chi connectivity index (χ0) is 25.9. The van der Waals surface area contributed by atoms with Crippen molar-refractivity contribution in [2.75, 3.05) is 17.2 Å². The molecule has 6 rings (SSSR count). The Morgan fingerprint density at radius 2 is 2.00 bits per heavy atom. The highest BCUT2D eigenvalue weighted by Crippen LogP contribution is 2.44. The first-order valence-electron chi connectivity index (χ1n) is 12.9. The number of hydrogen-bond donors (Lipinski definition) is 2. The van der Waals surface area contributed by atoms with Crippen LogP contribution in [-0.4, -0.2) is 58.8 Å². The molecule has 0 bridgehead atoms. The Labute approximate surface area is 219 Å². The number of halogens is 2. The summed E-state index contributed by atoms with van der Waals surface area (Å²) >= 11 is 6.46. The fourth-order valence-electron chi connectivity index (χ4n) is 6.00. The van der Waals surface area contributed by atoms with Gasteiger partial charge in [0.15, 0.2) is 5.82 Å². The van der Waals surface area contributed by atoms with Gasteiger partial charge in [-0.25, -0.2) is 14.2 Å². The largest absolute Gasteiger partial charge is 0.368 e. The molecule has 0 spiro atoms. The van der Waals surface area contributed by atoms with Crippen molar-refractivity contribution < 1.29 is 4.39 Å². The van der Waals surface area contributed by atoms with Crippen molar-refractivity contribution in [2.45, 2.75) is 75.9 Å². The molecule has 2 N–H and O–H groups in total. The van der Waals surface area contributed by atoms with E-state index in [4.69, 9.17) is 11.6 Å². The molecule has 1 aliphatic carbocycles. The third kappa shape index (κ3) is 4.59. The van der Waals surface area contributed by atoms with Crippen LogP contribution in [0.25, 0.3) is 5.69 Å². The summed E-state index contributed by atoms with van der Waals surface area (Å²) in [5.41, 5.74) is 1.09. The second kappa shape index (κ2) is 9.05.